The number of carbonyl (C=O) groups is 2. The van der Waals surface area contributed by atoms with Gasteiger partial charge in [0.2, 0.25) is 0 Å². The van der Waals surface area contributed by atoms with Crippen LogP contribution in [0.5, 0.6) is 0 Å². The number of rotatable bonds is 5. The maximum atomic E-state index is 12.0. The Morgan fingerprint density at radius 2 is 1.94 bits per heavy atom. The van der Waals surface area contributed by atoms with Crippen molar-refractivity contribution in [2.75, 3.05) is 13.2 Å². The van der Waals surface area contributed by atoms with Crippen LogP contribution in [-0.4, -0.2) is 25.2 Å². The van der Waals surface area contributed by atoms with Crippen molar-refractivity contribution in [3.63, 3.8) is 0 Å². The molecule has 1 heterocycles. The second-order valence-electron chi connectivity index (χ2n) is 4.23. The summed E-state index contributed by atoms with van der Waals surface area (Å²) in [5.41, 5.74) is -0.377. The lowest BCUT2D eigenvalue weighted by Gasteiger charge is -2.26. The Hall–Kier alpha value is -1.88. The zero-order chi connectivity index (χ0) is 13.0. The standard InChI is InChI=1S/C13H16N2O3/c1-2-8-18-9-13(10-6-4-3-5-7-10)11(16)14-12(17)15-13/h3-7H,2,8-9H2,1H3,(H2,14,15,16,17). The molecule has 1 unspecified atom stereocenters. The summed E-state index contributed by atoms with van der Waals surface area (Å²) in [4.78, 5) is 23.4. The van der Waals surface area contributed by atoms with Gasteiger partial charge in [-0.15, -0.1) is 0 Å². The molecule has 1 aliphatic rings. The number of benzene rings is 1. The Kier molecular flexibility index (Phi) is 3.62. The summed E-state index contributed by atoms with van der Waals surface area (Å²) in [6.45, 7) is 2.68. The second-order valence-corrected chi connectivity index (χ2v) is 4.23. The molecule has 1 saturated heterocycles. The van der Waals surface area contributed by atoms with Gasteiger partial charge in [0, 0.05) is 6.61 Å². The summed E-state index contributed by atoms with van der Waals surface area (Å²) in [5, 5.41) is 4.93. The van der Waals surface area contributed by atoms with Gasteiger partial charge in [-0.1, -0.05) is 37.3 Å². The summed E-state index contributed by atoms with van der Waals surface area (Å²) >= 11 is 0. The Morgan fingerprint density at radius 1 is 1.22 bits per heavy atom. The van der Waals surface area contributed by atoms with Gasteiger partial charge in [-0.05, 0) is 12.0 Å². The molecule has 0 radical (unpaired) electrons. The summed E-state index contributed by atoms with van der Waals surface area (Å²) in [5.74, 6) is -0.366. The molecule has 3 amide bonds. The van der Waals surface area contributed by atoms with Crippen LogP contribution in [0.3, 0.4) is 0 Å². The third-order valence-electron chi connectivity index (χ3n) is 2.88. The predicted octanol–water partition coefficient (Wildman–Crippen LogP) is 1.15. The van der Waals surface area contributed by atoms with Crippen molar-refractivity contribution in [1.82, 2.24) is 10.6 Å². The van der Waals surface area contributed by atoms with E-state index in [2.05, 4.69) is 10.6 Å². The Morgan fingerprint density at radius 3 is 2.50 bits per heavy atom. The molecule has 18 heavy (non-hydrogen) atoms. The monoisotopic (exact) mass is 248 g/mol. The van der Waals surface area contributed by atoms with Crippen molar-refractivity contribution >= 4 is 11.9 Å². The first-order valence-corrected chi connectivity index (χ1v) is 5.96. The average Bonchev–Trinajstić information content (AvgIpc) is 2.67. The van der Waals surface area contributed by atoms with E-state index in [4.69, 9.17) is 4.74 Å². The minimum Gasteiger partial charge on any atom is -0.378 e. The van der Waals surface area contributed by atoms with Crippen LogP contribution >= 0.6 is 0 Å². The molecule has 0 aromatic heterocycles. The van der Waals surface area contributed by atoms with E-state index in [1.54, 1.807) is 12.1 Å². The number of urea groups is 1. The molecule has 1 aromatic rings. The van der Waals surface area contributed by atoms with E-state index in [-0.39, 0.29) is 12.5 Å². The summed E-state index contributed by atoms with van der Waals surface area (Å²) in [7, 11) is 0. The van der Waals surface area contributed by atoms with E-state index < -0.39 is 11.6 Å². The van der Waals surface area contributed by atoms with Gasteiger partial charge >= 0.3 is 6.03 Å². The lowest BCUT2D eigenvalue weighted by atomic mass is 9.91. The molecule has 5 heteroatoms. The first-order valence-electron chi connectivity index (χ1n) is 5.96. The molecule has 1 atom stereocenters. The Balaban J connectivity index is 2.29. The number of amides is 3. The summed E-state index contributed by atoms with van der Waals surface area (Å²) in [6.07, 6.45) is 0.862. The van der Waals surface area contributed by atoms with Gasteiger partial charge in [-0.2, -0.15) is 0 Å². The van der Waals surface area contributed by atoms with Crippen LogP contribution in [0.1, 0.15) is 18.9 Å². The fourth-order valence-electron chi connectivity index (χ4n) is 1.97. The third kappa shape index (κ3) is 2.22. The fraction of sp³-hybridized carbons (Fsp3) is 0.385. The SMILES string of the molecule is CCCOCC1(c2ccccc2)NC(=O)NC1=O. The van der Waals surface area contributed by atoms with Crippen LogP contribution in [0.2, 0.25) is 0 Å². The molecule has 2 rings (SSSR count). The first-order chi connectivity index (χ1) is 8.69. The molecule has 2 N–H and O–H groups in total. The second kappa shape index (κ2) is 5.18. The molecule has 1 aliphatic heterocycles. The van der Waals surface area contributed by atoms with Gasteiger partial charge in [0.05, 0.1) is 6.61 Å². The maximum Gasteiger partial charge on any atom is 0.322 e. The quantitative estimate of drug-likeness (QED) is 0.606. The Labute approximate surface area is 106 Å². The normalized spacial score (nSPS) is 22.7. The van der Waals surface area contributed by atoms with Gasteiger partial charge in [0.15, 0.2) is 5.54 Å². The van der Waals surface area contributed by atoms with Gasteiger partial charge in [-0.25, -0.2) is 4.79 Å². The van der Waals surface area contributed by atoms with Crippen LogP contribution in [0.4, 0.5) is 4.79 Å². The minimum atomic E-state index is -1.10. The topological polar surface area (TPSA) is 67.4 Å². The lowest BCUT2D eigenvalue weighted by Crippen LogP contribution is -2.48. The van der Waals surface area contributed by atoms with Crippen LogP contribution in [0.15, 0.2) is 30.3 Å². The number of nitrogens with one attached hydrogen (secondary N) is 2. The van der Waals surface area contributed by atoms with E-state index >= 15 is 0 Å². The van der Waals surface area contributed by atoms with Gasteiger partial charge in [0.1, 0.15) is 0 Å². The lowest BCUT2D eigenvalue weighted by molar-refractivity contribution is -0.126. The highest BCUT2D eigenvalue weighted by Crippen LogP contribution is 2.25. The van der Waals surface area contributed by atoms with Crippen molar-refractivity contribution < 1.29 is 14.3 Å². The van der Waals surface area contributed by atoms with Crippen LogP contribution in [0, 0.1) is 0 Å². The average molecular weight is 248 g/mol. The molecule has 1 aromatic carbocycles. The molecule has 96 valence electrons. The van der Waals surface area contributed by atoms with E-state index in [1.807, 2.05) is 25.1 Å². The maximum absolute atomic E-state index is 12.0. The van der Waals surface area contributed by atoms with Crippen molar-refractivity contribution in [3.05, 3.63) is 35.9 Å². The molecule has 0 aliphatic carbocycles. The van der Waals surface area contributed by atoms with Crippen LogP contribution in [0.25, 0.3) is 0 Å². The number of hydrogen-bond acceptors (Lipinski definition) is 3. The molecular weight excluding hydrogens is 232 g/mol. The summed E-state index contributed by atoms with van der Waals surface area (Å²) < 4.78 is 5.47. The number of imide groups is 1. The zero-order valence-electron chi connectivity index (χ0n) is 10.2. The van der Waals surface area contributed by atoms with Crippen LogP contribution < -0.4 is 10.6 Å². The minimum absolute atomic E-state index is 0.141. The fourth-order valence-corrected chi connectivity index (χ4v) is 1.97. The Bertz CT molecular complexity index is 447. The number of hydrogen-bond donors (Lipinski definition) is 2. The van der Waals surface area contributed by atoms with E-state index in [9.17, 15) is 9.59 Å². The molecule has 0 saturated carbocycles. The molecular formula is C13H16N2O3. The summed E-state index contributed by atoms with van der Waals surface area (Å²) in [6, 6.07) is 8.65. The van der Waals surface area contributed by atoms with Crippen molar-refractivity contribution in [2.45, 2.75) is 18.9 Å². The van der Waals surface area contributed by atoms with Gasteiger partial charge in [0.25, 0.3) is 5.91 Å². The molecule has 5 nitrogen and oxygen atoms in total. The molecule has 0 bridgehead atoms. The number of carbonyl (C=O) groups excluding carboxylic acids is 2. The van der Waals surface area contributed by atoms with Crippen molar-refractivity contribution in [2.24, 2.45) is 0 Å². The predicted molar refractivity (Wildman–Crippen MR) is 65.9 cm³/mol. The highest BCUT2D eigenvalue weighted by atomic mass is 16.5. The van der Waals surface area contributed by atoms with Crippen molar-refractivity contribution in [3.8, 4) is 0 Å². The molecule has 0 spiro atoms. The third-order valence-corrected chi connectivity index (χ3v) is 2.88. The highest BCUT2D eigenvalue weighted by Gasteiger charge is 2.47. The van der Waals surface area contributed by atoms with Gasteiger partial charge < -0.3 is 10.1 Å². The largest absolute Gasteiger partial charge is 0.378 e. The van der Waals surface area contributed by atoms with Crippen LogP contribution in [-0.2, 0) is 15.1 Å². The number of ether oxygens (including phenoxy) is 1. The van der Waals surface area contributed by atoms with Crippen molar-refractivity contribution in [1.29, 1.82) is 0 Å². The van der Waals surface area contributed by atoms with E-state index in [0.717, 1.165) is 12.0 Å². The first kappa shape index (κ1) is 12.6. The van der Waals surface area contributed by atoms with Gasteiger partial charge in [-0.3, -0.25) is 10.1 Å². The molecule has 1 fully saturated rings. The zero-order valence-corrected chi connectivity index (χ0v) is 10.2. The highest BCUT2D eigenvalue weighted by molar-refractivity contribution is 6.07. The van der Waals surface area contributed by atoms with E-state index in [1.165, 1.54) is 0 Å². The van der Waals surface area contributed by atoms with E-state index in [0.29, 0.717) is 6.61 Å². The smallest absolute Gasteiger partial charge is 0.322 e.